The van der Waals surface area contributed by atoms with Gasteiger partial charge >= 0.3 is 0 Å². The molecule has 0 aliphatic rings. The second-order valence-electron chi connectivity index (χ2n) is 4.66. The maximum atomic E-state index is 11.8. The maximum Gasteiger partial charge on any atom is 0.253 e. The van der Waals surface area contributed by atoms with Crippen LogP contribution in [-0.2, 0) is 11.2 Å². The molecule has 2 aromatic rings. The van der Waals surface area contributed by atoms with Crippen molar-refractivity contribution in [1.82, 2.24) is 10.3 Å². The summed E-state index contributed by atoms with van der Waals surface area (Å²) in [5.74, 6) is -0.378. The van der Waals surface area contributed by atoms with Gasteiger partial charge in [0, 0.05) is 18.4 Å². The van der Waals surface area contributed by atoms with Crippen LogP contribution in [0.25, 0.3) is 0 Å². The van der Waals surface area contributed by atoms with E-state index in [-0.39, 0.29) is 5.91 Å². The number of hydrogen-bond donors (Lipinski definition) is 2. The van der Waals surface area contributed by atoms with E-state index < -0.39 is 6.10 Å². The minimum atomic E-state index is -1.12. The summed E-state index contributed by atoms with van der Waals surface area (Å²) in [5.41, 5.74) is 2.63. The number of nitrogens with zero attached hydrogens (tertiary/aromatic N) is 1. The Bertz CT molecular complexity index is 552. The molecular weight excluding hydrogens is 252 g/mol. The molecule has 104 valence electrons. The summed E-state index contributed by atoms with van der Waals surface area (Å²) in [6.45, 7) is 2.41. The molecule has 1 amide bonds. The molecule has 4 nitrogen and oxygen atoms in total. The second-order valence-corrected chi connectivity index (χ2v) is 4.66. The molecule has 1 heterocycles. The Morgan fingerprint density at radius 3 is 2.65 bits per heavy atom. The fourth-order valence-corrected chi connectivity index (χ4v) is 1.86. The highest BCUT2D eigenvalue weighted by atomic mass is 16.3. The Labute approximate surface area is 118 Å². The normalized spacial score (nSPS) is 11.9. The molecular formula is C16H18N2O2. The van der Waals surface area contributed by atoms with Gasteiger partial charge in [-0.15, -0.1) is 0 Å². The summed E-state index contributed by atoms with van der Waals surface area (Å²) in [4.78, 5) is 16.0. The Hall–Kier alpha value is -2.20. The van der Waals surface area contributed by atoms with E-state index in [1.165, 1.54) is 0 Å². The zero-order chi connectivity index (χ0) is 14.4. The van der Waals surface area contributed by atoms with Crippen LogP contribution in [0.2, 0.25) is 0 Å². The van der Waals surface area contributed by atoms with Gasteiger partial charge in [-0.3, -0.25) is 9.78 Å². The molecule has 20 heavy (non-hydrogen) atoms. The van der Waals surface area contributed by atoms with Crippen LogP contribution >= 0.6 is 0 Å². The smallest absolute Gasteiger partial charge is 0.253 e. The topological polar surface area (TPSA) is 62.2 Å². The van der Waals surface area contributed by atoms with E-state index in [0.29, 0.717) is 18.5 Å². The maximum absolute atomic E-state index is 11.8. The number of nitrogens with one attached hydrogen (secondary N) is 1. The summed E-state index contributed by atoms with van der Waals surface area (Å²) < 4.78 is 0. The molecule has 2 rings (SSSR count). The Balaban J connectivity index is 1.82. The summed E-state index contributed by atoms with van der Waals surface area (Å²) in [5, 5.41) is 12.6. The Kier molecular flexibility index (Phi) is 4.85. The van der Waals surface area contributed by atoms with Crippen LogP contribution in [0, 0.1) is 6.92 Å². The monoisotopic (exact) mass is 270 g/mol. The predicted octanol–water partition coefficient (Wildman–Crippen LogP) is 1.78. The standard InChI is InChI=1S/C16H18N2O2/c1-12-7-8-13(11-18-12)9-10-17-16(20)15(19)14-5-3-2-4-6-14/h2-8,11,15,19H,9-10H2,1H3,(H,17,20). The van der Waals surface area contributed by atoms with E-state index in [4.69, 9.17) is 0 Å². The number of amides is 1. The van der Waals surface area contributed by atoms with Gasteiger partial charge in [0.15, 0.2) is 6.10 Å². The van der Waals surface area contributed by atoms with Gasteiger partial charge in [-0.1, -0.05) is 36.4 Å². The minimum Gasteiger partial charge on any atom is -0.378 e. The third-order valence-electron chi connectivity index (χ3n) is 3.05. The van der Waals surface area contributed by atoms with Crippen molar-refractivity contribution in [3.8, 4) is 0 Å². The highest BCUT2D eigenvalue weighted by Crippen LogP contribution is 2.11. The number of carbonyl (C=O) groups excluding carboxylic acids is 1. The average Bonchev–Trinajstić information content (AvgIpc) is 2.49. The van der Waals surface area contributed by atoms with Gasteiger partial charge in [-0.05, 0) is 30.5 Å². The van der Waals surface area contributed by atoms with Gasteiger partial charge in [0.1, 0.15) is 0 Å². The largest absolute Gasteiger partial charge is 0.378 e. The zero-order valence-corrected chi connectivity index (χ0v) is 11.4. The number of aryl methyl sites for hydroxylation is 1. The van der Waals surface area contributed by atoms with E-state index in [2.05, 4.69) is 10.3 Å². The molecule has 4 heteroatoms. The lowest BCUT2D eigenvalue weighted by molar-refractivity contribution is -0.129. The van der Waals surface area contributed by atoms with Gasteiger partial charge in [-0.25, -0.2) is 0 Å². The first kappa shape index (κ1) is 14.2. The van der Waals surface area contributed by atoms with Crippen molar-refractivity contribution in [2.75, 3.05) is 6.54 Å². The number of aliphatic hydroxyl groups excluding tert-OH is 1. The van der Waals surface area contributed by atoms with E-state index >= 15 is 0 Å². The SMILES string of the molecule is Cc1ccc(CCNC(=O)C(O)c2ccccc2)cn1. The average molecular weight is 270 g/mol. The Morgan fingerprint density at radius 2 is 2.00 bits per heavy atom. The van der Waals surface area contributed by atoms with E-state index in [0.717, 1.165) is 11.3 Å². The molecule has 0 aliphatic carbocycles. The number of aliphatic hydroxyl groups is 1. The minimum absolute atomic E-state index is 0.378. The van der Waals surface area contributed by atoms with Crippen LogP contribution in [-0.4, -0.2) is 22.5 Å². The molecule has 2 N–H and O–H groups in total. The van der Waals surface area contributed by atoms with Gasteiger partial charge in [0.2, 0.25) is 0 Å². The van der Waals surface area contributed by atoms with Crippen LogP contribution in [0.5, 0.6) is 0 Å². The van der Waals surface area contributed by atoms with E-state index in [1.807, 2.05) is 25.1 Å². The van der Waals surface area contributed by atoms with Gasteiger partial charge in [0.25, 0.3) is 5.91 Å². The molecule has 0 saturated carbocycles. The summed E-state index contributed by atoms with van der Waals surface area (Å²) >= 11 is 0. The highest BCUT2D eigenvalue weighted by molar-refractivity contribution is 5.81. The highest BCUT2D eigenvalue weighted by Gasteiger charge is 2.15. The van der Waals surface area contributed by atoms with E-state index in [9.17, 15) is 9.90 Å². The molecule has 1 aromatic heterocycles. The first-order valence-electron chi connectivity index (χ1n) is 6.59. The van der Waals surface area contributed by atoms with Gasteiger partial charge in [0.05, 0.1) is 0 Å². The van der Waals surface area contributed by atoms with Crippen molar-refractivity contribution in [2.24, 2.45) is 0 Å². The predicted molar refractivity (Wildman–Crippen MR) is 77.1 cm³/mol. The van der Waals surface area contributed by atoms with Crippen molar-refractivity contribution in [2.45, 2.75) is 19.4 Å². The molecule has 0 saturated heterocycles. The van der Waals surface area contributed by atoms with E-state index in [1.54, 1.807) is 30.5 Å². The van der Waals surface area contributed by atoms with Crippen LogP contribution < -0.4 is 5.32 Å². The molecule has 1 atom stereocenters. The van der Waals surface area contributed by atoms with Crippen molar-refractivity contribution in [3.05, 3.63) is 65.5 Å². The third-order valence-corrected chi connectivity index (χ3v) is 3.05. The van der Waals surface area contributed by atoms with Crippen LogP contribution in [0.3, 0.4) is 0 Å². The second kappa shape index (κ2) is 6.82. The lowest BCUT2D eigenvalue weighted by Gasteiger charge is -2.11. The molecule has 0 radical (unpaired) electrons. The molecule has 0 bridgehead atoms. The van der Waals surface area contributed by atoms with Gasteiger partial charge < -0.3 is 10.4 Å². The number of hydrogen-bond acceptors (Lipinski definition) is 3. The molecule has 1 unspecified atom stereocenters. The fourth-order valence-electron chi connectivity index (χ4n) is 1.86. The number of benzene rings is 1. The third kappa shape index (κ3) is 3.90. The summed E-state index contributed by atoms with van der Waals surface area (Å²) in [7, 11) is 0. The molecule has 0 fully saturated rings. The number of aromatic nitrogens is 1. The van der Waals surface area contributed by atoms with Crippen LogP contribution in [0.15, 0.2) is 48.7 Å². The quantitative estimate of drug-likeness (QED) is 0.870. The Morgan fingerprint density at radius 1 is 1.25 bits per heavy atom. The van der Waals surface area contributed by atoms with Crippen molar-refractivity contribution < 1.29 is 9.90 Å². The molecule has 1 aromatic carbocycles. The van der Waals surface area contributed by atoms with Crippen molar-refractivity contribution in [1.29, 1.82) is 0 Å². The molecule has 0 spiro atoms. The summed E-state index contributed by atoms with van der Waals surface area (Å²) in [6.07, 6.45) is 1.38. The fraction of sp³-hybridized carbons (Fsp3) is 0.250. The van der Waals surface area contributed by atoms with Crippen molar-refractivity contribution >= 4 is 5.91 Å². The van der Waals surface area contributed by atoms with Gasteiger partial charge in [-0.2, -0.15) is 0 Å². The van der Waals surface area contributed by atoms with Crippen molar-refractivity contribution in [3.63, 3.8) is 0 Å². The van der Waals surface area contributed by atoms with Crippen LogP contribution in [0.4, 0.5) is 0 Å². The molecule has 0 aliphatic heterocycles. The first-order chi connectivity index (χ1) is 9.66. The number of pyridine rings is 1. The lowest BCUT2D eigenvalue weighted by Crippen LogP contribution is -2.30. The number of rotatable bonds is 5. The lowest BCUT2D eigenvalue weighted by atomic mass is 10.1. The zero-order valence-electron chi connectivity index (χ0n) is 11.4. The number of carbonyl (C=O) groups is 1. The summed E-state index contributed by atoms with van der Waals surface area (Å²) in [6, 6.07) is 12.8. The first-order valence-corrected chi connectivity index (χ1v) is 6.59. The van der Waals surface area contributed by atoms with Crippen LogP contribution in [0.1, 0.15) is 22.9 Å².